The Hall–Kier alpha value is -2.93. The van der Waals surface area contributed by atoms with Gasteiger partial charge in [-0.05, 0) is 42.3 Å². The van der Waals surface area contributed by atoms with Gasteiger partial charge in [0, 0.05) is 6.42 Å². The zero-order chi connectivity index (χ0) is 18.5. The van der Waals surface area contributed by atoms with Gasteiger partial charge >= 0.3 is 5.97 Å². The molecular formula is C19H18N2O4S. The van der Waals surface area contributed by atoms with Gasteiger partial charge in [0.05, 0.1) is 30.0 Å². The Morgan fingerprint density at radius 2 is 1.88 bits per heavy atom. The first-order valence-corrected chi connectivity index (χ1v) is 8.82. The fourth-order valence-corrected chi connectivity index (χ4v) is 3.36. The van der Waals surface area contributed by atoms with E-state index in [-0.39, 0.29) is 11.9 Å². The summed E-state index contributed by atoms with van der Waals surface area (Å²) < 4.78 is 10.8. The Morgan fingerprint density at radius 3 is 2.58 bits per heavy atom. The lowest BCUT2D eigenvalue weighted by Gasteiger charge is -2.04. The monoisotopic (exact) mass is 370 g/mol. The van der Waals surface area contributed by atoms with E-state index in [0.717, 1.165) is 21.5 Å². The number of aromatic nitrogens is 1. The van der Waals surface area contributed by atoms with Crippen molar-refractivity contribution in [2.45, 2.75) is 12.8 Å². The topological polar surface area (TPSA) is 77.5 Å². The van der Waals surface area contributed by atoms with Gasteiger partial charge in [-0.2, -0.15) is 0 Å². The first-order chi connectivity index (χ1) is 12.6. The number of nitrogens with zero attached hydrogens (tertiary/aromatic N) is 1. The molecule has 3 aromatic rings. The lowest BCUT2D eigenvalue weighted by Crippen LogP contribution is -2.12. The summed E-state index contributed by atoms with van der Waals surface area (Å²) in [6.07, 6.45) is 0.906. The Labute approximate surface area is 154 Å². The predicted octanol–water partition coefficient (Wildman–Crippen LogP) is 3.66. The normalized spacial score (nSPS) is 10.5. The Kier molecular flexibility index (Phi) is 5.48. The van der Waals surface area contributed by atoms with E-state index in [1.165, 1.54) is 18.4 Å². The summed E-state index contributed by atoms with van der Waals surface area (Å²) in [7, 11) is 2.96. The van der Waals surface area contributed by atoms with Crippen molar-refractivity contribution < 1.29 is 19.1 Å². The third-order valence-corrected chi connectivity index (χ3v) is 4.79. The second-order valence-electron chi connectivity index (χ2n) is 5.59. The SMILES string of the molecule is COC(=O)c1ccc(CCC(=O)Nc2nc3ccc(OC)cc3s2)cc1. The first kappa shape index (κ1) is 17.9. The van der Waals surface area contributed by atoms with Gasteiger partial charge in [-0.25, -0.2) is 9.78 Å². The molecule has 0 radical (unpaired) electrons. The van der Waals surface area contributed by atoms with Crippen LogP contribution in [-0.4, -0.2) is 31.1 Å². The number of ether oxygens (including phenoxy) is 2. The summed E-state index contributed by atoms with van der Waals surface area (Å²) >= 11 is 1.41. The number of hydrogen-bond acceptors (Lipinski definition) is 6. The van der Waals surface area contributed by atoms with Crippen molar-refractivity contribution in [1.29, 1.82) is 0 Å². The zero-order valence-electron chi connectivity index (χ0n) is 14.4. The van der Waals surface area contributed by atoms with Crippen LogP contribution < -0.4 is 10.1 Å². The molecule has 7 heteroatoms. The van der Waals surface area contributed by atoms with E-state index < -0.39 is 0 Å². The van der Waals surface area contributed by atoms with E-state index in [1.807, 2.05) is 30.3 Å². The summed E-state index contributed by atoms with van der Waals surface area (Å²) in [5.41, 5.74) is 2.29. The summed E-state index contributed by atoms with van der Waals surface area (Å²) in [4.78, 5) is 28.0. The van der Waals surface area contributed by atoms with E-state index in [1.54, 1.807) is 19.2 Å². The zero-order valence-corrected chi connectivity index (χ0v) is 15.3. The predicted molar refractivity (Wildman–Crippen MR) is 101 cm³/mol. The van der Waals surface area contributed by atoms with Crippen molar-refractivity contribution in [3.63, 3.8) is 0 Å². The highest BCUT2D eigenvalue weighted by Gasteiger charge is 2.10. The highest BCUT2D eigenvalue weighted by molar-refractivity contribution is 7.22. The summed E-state index contributed by atoms with van der Waals surface area (Å²) in [5.74, 6) is 0.282. The molecule has 0 saturated carbocycles. The molecule has 1 N–H and O–H groups in total. The molecule has 1 aromatic heterocycles. The average Bonchev–Trinajstić information content (AvgIpc) is 3.07. The number of benzene rings is 2. The number of rotatable bonds is 6. The molecule has 0 fully saturated rings. The van der Waals surface area contributed by atoms with Crippen LogP contribution in [0.1, 0.15) is 22.3 Å². The van der Waals surface area contributed by atoms with E-state index in [9.17, 15) is 9.59 Å². The molecule has 3 rings (SSSR count). The highest BCUT2D eigenvalue weighted by Crippen LogP contribution is 2.29. The van der Waals surface area contributed by atoms with Crippen LogP contribution in [-0.2, 0) is 16.0 Å². The molecule has 0 saturated heterocycles. The molecule has 2 aromatic carbocycles. The van der Waals surface area contributed by atoms with Crippen molar-refractivity contribution in [3.8, 4) is 5.75 Å². The lowest BCUT2D eigenvalue weighted by molar-refractivity contribution is -0.116. The van der Waals surface area contributed by atoms with Crippen LogP contribution >= 0.6 is 11.3 Å². The van der Waals surface area contributed by atoms with Crippen LogP contribution in [0.15, 0.2) is 42.5 Å². The van der Waals surface area contributed by atoms with Crippen LogP contribution in [0.25, 0.3) is 10.2 Å². The molecule has 26 heavy (non-hydrogen) atoms. The second-order valence-corrected chi connectivity index (χ2v) is 6.62. The highest BCUT2D eigenvalue weighted by atomic mass is 32.1. The molecule has 0 unspecified atom stereocenters. The number of hydrogen-bond donors (Lipinski definition) is 1. The number of carbonyl (C=O) groups excluding carboxylic acids is 2. The van der Waals surface area contributed by atoms with Gasteiger partial charge in [0.2, 0.25) is 5.91 Å². The molecule has 0 atom stereocenters. The van der Waals surface area contributed by atoms with Gasteiger partial charge < -0.3 is 14.8 Å². The van der Waals surface area contributed by atoms with Crippen LogP contribution in [0.5, 0.6) is 5.75 Å². The van der Waals surface area contributed by atoms with Crippen LogP contribution in [0, 0.1) is 0 Å². The number of thiazole rings is 1. The van der Waals surface area contributed by atoms with E-state index in [0.29, 0.717) is 23.5 Å². The maximum absolute atomic E-state index is 12.2. The van der Waals surface area contributed by atoms with E-state index >= 15 is 0 Å². The molecule has 0 aliphatic carbocycles. The first-order valence-electron chi connectivity index (χ1n) is 8.00. The number of methoxy groups -OCH3 is 2. The molecule has 0 spiro atoms. The number of amides is 1. The summed E-state index contributed by atoms with van der Waals surface area (Å²) in [6, 6.07) is 12.6. The largest absolute Gasteiger partial charge is 0.497 e. The number of aryl methyl sites for hydroxylation is 1. The van der Waals surface area contributed by atoms with Crippen LogP contribution in [0.2, 0.25) is 0 Å². The second kappa shape index (κ2) is 7.97. The number of carbonyl (C=O) groups is 2. The van der Waals surface area contributed by atoms with Crippen LogP contribution in [0.4, 0.5) is 5.13 Å². The minimum absolute atomic E-state index is 0.104. The molecule has 0 aliphatic rings. The fourth-order valence-electron chi connectivity index (χ4n) is 2.45. The summed E-state index contributed by atoms with van der Waals surface area (Å²) in [6.45, 7) is 0. The smallest absolute Gasteiger partial charge is 0.337 e. The number of esters is 1. The van der Waals surface area contributed by atoms with Crippen molar-refractivity contribution in [1.82, 2.24) is 4.98 Å². The maximum atomic E-state index is 12.2. The third-order valence-electron chi connectivity index (χ3n) is 3.86. The minimum Gasteiger partial charge on any atom is -0.497 e. The van der Waals surface area contributed by atoms with Gasteiger partial charge in [0.15, 0.2) is 5.13 Å². The molecule has 0 bridgehead atoms. The van der Waals surface area contributed by atoms with E-state index in [2.05, 4.69) is 15.0 Å². The van der Waals surface area contributed by atoms with Crippen molar-refractivity contribution >= 4 is 38.6 Å². The molecule has 0 aliphatic heterocycles. The van der Waals surface area contributed by atoms with Gasteiger partial charge in [-0.15, -0.1) is 0 Å². The molecule has 1 heterocycles. The number of fused-ring (bicyclic) bond motifs is 1. The van der Waals surface area contributed by atoms with Crippen molar-refractivity contribution in [2.75, 3.05) is 19.5 Å². The molecule has 134 valence electrons. The third kappa shape index (κ3) is 4.18. The molecule has 6 nitrogen and oxygen atoms in total. The quantitative estimate of drug-likeness (QED) is 0.670. The van der Waals surface area contributed by atoms with Crippen molar-refractivity contribution in [2.24, 2.45) is 0 Å². The Balaban J connectivity index is 1.58. The van der Waals surface area contributed by atoms with Gasteiger partial charge in [0.25, 0.3) is 0 Å². The minimum atomic E-state index is -0.373. The molecule has 1 amide bonds. The number of nitrogens with one attached hydrogen (secondary N) is 1. The standard InChI is InChI=1S/C19H18N2O4S/c1-24-14-8-9-15-16(11-14)26-19(20-15)21-17(22)10-5-12-3-6-13(7-4-12)18(23)25-2/h3-4,6-9,11H,5,10H2,1-2H3,(H,20,21,22). The van der Waals surface area contributed by atoms with Crippen LogP contribution in [0.3, 0.4) is 0 Å². The van der Waals surface area contributed by atoms with Gasteiger partial charge in [0.1, 0.15) is 5.75 Å². The maximum Gasteiger partial charge on any atom is 0.337 e. The van der Waals surface area contributed by atoms with Gasteiger partial charge in [-0.1, -0.05) is 23.5 Å². The Bertz CT molecular complexity index is 934. The van der Waals surface area contributed by atoms with E-state index in [4.69, 9.17) is 4.74 Å². The fraction of sp³-hybridized carbons (Fsp3) is 0.211. The average molecular weight is 370 g/mol. The van der Waals surface area contributed by atoms with Crippen molar-refractivity contribution in [3.05, 3.63) is 53.6 Å². The summed E-state index contributed by atoms with van der Waals surface area (Å²) in [5, 5.41) is 3.40. The lowest BCUT2D eigenvalue weighted by atomic mass is 10.1. The number of anilines is 1. The van der Waals surface area contributed by atoms with Gasteiger partial charge in [-0.3, -0.25) is 4.79 Å². The molecular weight excluding hydrogens is 352 g/mol. The Morgan fingerprint density at radius 1 is 1.12 bits per heavy atom.